The summed E-state index contributed by atoms with van der Waals surface area (Å²) in [6.45, 7) is 2.05. The Morgan fingerprint density at radius 1 is 1.19 bits per heavy atom. The topological polar surface area (TPSA) is 103 Å². The highest BCUT2D eigenvalue weighted by molar-refractivity contribution is 7.89. The van der Waals surface area contributed by atoms with Crippen LogP contribution >= 0.6 is 0 Å². The maximum Gasteiger partial charge on any atom is 0.338 e. The first-order chi connectivity index (χ1) is 13.0. The molecular formula is C18H18N4O4S. The highest BCUT2D eigenvalue weighted by atomic mass is 32.2. The van der Waals surface area contributed by atoms with Crippen LogP contribution in [-0.4, -0.2) is 35.8 Å². The minimum Gasteiger partial charge on any atom is -0.462 e. The SMILES string of the molecule is CCOC(=O)c1ccc(S(=O)(=O)NCc2ccc(-n3cccn3)nc2)cc1. The lowest BCUT2D eigenvalue weighted by atomic mass is 10.2. The number of nitrogens with zero attached hydrogens (tertiary/aromatic N) is 3. The summed E-state index contributed by atoms with van der Waals surface area (Å²) < 4.78 is 33.8. The third-order valence-corrected chi connectivity index (χ3v) is 5.11. The Bertz CT molecular complexity index is 999. The predicted molar refractivity (Wildman–Crippen MR) is 97.8 cm³/mol. The third kappa shape index (κ3) is 4.57. The quantitative estimate of drug-likeness (QED) is 0.622. The average Bonchev–Trinajstić information content (AvgIpc) is 3.22. The Morgan fingerprint density at radius 3 is 2.56 bits per heavy atom. The number of hydrogen-bond acceptors (Lipinski definition) is 6. The van der Waals surface area contributed by atoms with Crippen LogP contribution in [0.3, 0.4) is 0 Å². The molecule has 0 unspecified atom stereocenters. The van der Waals surface area contributed by atoms with Crippen LogP contribution in [-0.2, 0) is 21.3 Å². The first-order valence-electron chi connectivity index (χ1n) is 8.21. The number of carbonyl (C=O) groups excluding carboxylic acids is 1. The molecule has 0 spiro atoms. The van der Waals surface area contributed by atoms with Crippen LogP contribution in [0, 0.1) is 0 Å². The second-order valence-electron chi connectivity index (χ2n) is 5.54. The Labute approximate surface area is 156 Å². The van der Waals surface area contributed by atoms with Crippen LogP contribution in [0.15, 0.2) is 66.0 Å². The van der Waals surface area contributed by atoms with Gasteiger partial charge in [-0.15, -0.1) is 0 Å². The molecule has 2 heterocycles. The zero-order chi connectivity index (χ0) is 19.3. The molecule has 0 aliphatic carbocycles. The number of pyridine rings is 1. The summed E-state index contributed by atoms with van der Waals surface area (Å²) in [5.41, 5.74) is 1.01. The van der Waals surface area contributed by atoms with E-state index in [9.17, 15) is 13.2 Å². The van der Waals surface area contributed by atoms with Gasteiger partial charge in [0.15, 0.2) is 5.82 Å². The van der Waals surface area contributed by atoms with E-state index in [1.165, 1.54) is 24.3 Å². The molecule has 2 aromatic heterocycles. The molecule has 0 atom stereocenters. The molecule has 140 valence electrons. The summed E-state index contributed by atoms with van der Waals surface area (Å²) >= 11 is 0. The monoisotopic (exact) mass is 386 g/mol. The van der Waals surface area contributed by atoms with Gasteiger partial charge in [0.25, 0.3) is 0 Å². The van der Waals surface area contributed by atoms with Crippen LogP contribution in [0.4, 0.5) is 0 Å². The number of rotatable bonds is 7. The maximum atomic E-state index is 12.4. The Morgan fingerprint density at radius 2 is 1.96 bits per heavy atom. The first kappa shape index (κ1) is 18.7. The van der Waals surface area contributed by atoms with Gasteiger partial charge in [0, 0.05) is 25.1 Å². The van der Waals surface area contributed by atoms with Crippen LogP contribution in [0.5, 0.6) is 0 Å². The van der Waals surface area contributed by atoms with Crippen LogP contribution < -0.4 is 4.72 Å². The van der Waals surface area contributed by atoms with Crippen LogP contribution in [0.2, 0.25) is 0 Å². The van der Waals surface area contributed by atoms with Crippen molar-refractivity contribution in [2.24, 2.45) is 0 Å². The molecule has 1 aromatic carbocycles. The van der Waals surface area contributed by atoms with Crippen molar-refractivity contribution in [3.63, 3.8) is 0 Å². The van der Waals surface area contributed by atoms with Gasteiger partial charge in [-0.2, -0.15) is 5.10 Å². The van der Waals surface area contributed by atoms with Crippen molar-refractivity contribution in [1.82, 2.24) is 19.5 Å². The number of carbonyl (C=O) groups is 1. The number of hydrogen-bond donors (Lipinski definition) is 1. The van der Waals surface area contributed by atoms with Crippen molar-refractivity contribution in [2.75, 3.05) is 6.61 Å². The second kappa shape index (κ2) is 8.11. The number of benzene rings is 1. The van der Waals surface area contributed by atoms with Crippen molar-refractivity contribution in [2.45, 2.75) is 18.4 Å². The van der Waals surface area contributed by atoms with E-state index in [4.69, 9.17) is 4.74 Å². The van der Waals surface area contributed by atoms with Crippen molar-refractivity contribution in [3.8, 4) is 5.82 Å². The number of aromatic nitrogens is 3. The molecule has 3 aromatic rings. The summed E-state index contributed by atoms with van der Waals surface area (Å²) in [5, 5.41) is 4.08. The zero-order valence-corrected chi connectivity index (χ0v) is 15.4. The van der Waals surface area contributed by atoms with Crippen molar-refractivity contribution in [1.29, 1.82) is 0 Å². The predicted octanol–water partition coefficient (Wildman–Crippen LogP) is 1.92. The molecule has 27 heavy (non-hydrogen) atoms. The molecule has 3 rings (SSSR count). The van der Waals surface area contributed by atoms with Crippen LogP contribution in [0.1, 0.15) is 22.8 Å². The molecule has 8 nitrogen and oxygen atoms in total. The largest absolute Gasteiger partial charge is 0.462 e. The highest BCUT2D eigenvalue weighted by Gasteiger charge is 2.15. The van der Waals surface area contributed by atoms with Gasteiger partial charge in [-0.3, -0.25) is 0 Å². The van der Waals surface area contributed by atoms with Gasteiger partial charge >= 0.3 is 5.97 Å². The summed E-state index contributed by atoms with van der Waals surface area (Å²) in [4.78, 5) is 16.0. The zero-order valence-electron chi connectivity index (χ0n) is 14.6. The number of ether oxygens (including phenoxy) is 1. The molecule has 0 amide bonds. The fourth-order valence-electron chi connectivity index (χ4n) is 2.31. The lowest BCUT2D eigenvalue weighted by Gasteiger charge is -2.08. The van der Waals surface area contributed by atoms with E-state index in [0.29, 0.717) is 16.9 Å². The lowest BCUT2D eigenvalue weighted by Crippen LogP contribution is -2.23. The molecule has 0 aliphatic heterocycles. The highest BCUT2D eigenvalue weighted by Crippen LogP contribution is 2.12. The van der Waals surface area contributed by atoms with E-state index in [0.717, 1.165) is 0 Å². The van der Waals surface area contributed by atoms with E-state index < -0.39 is 16.0 Å². The van der Waals surface area contributed by atoms with E-state index in [-0.39, 0.29) is 18.0 Å². The van der Waals surface area contributed by atoms with Gasteiger partial charge < -0.3 is 4.74 Å². The van der Waals surface area contributed by atoms with Gasteiger partial charge in [0.1, 0.15) is 0 Å². The fraction of sp³-hybridized carbons (Fsp3) is 0.167. The minimum absolute atomic E-state index is 0.0664. The molecule has 0 bridgehead atoms. The fourth-order valence-corrected chi connectivity index (χ4v) is 3.33. The number of nitrogens with one attached hydrogen (secondary N) is 1. The molecule has 0 radical (unpaired) electrons. The Kier molecular flexibility index (Phi) is 5.63. The molecular weight excluding hydrogens is 368 g/mol. The van der Waals surface area contributed by atoms with Crippen molar-refractivity contribution in [3.05, 3.63) is 72.2 Å². The van der Waals surface area contributed by atoms with Gasteiger partial charge in [-0.25, -0.2) is 27.6 Å². The average molecular weight is 386 g/mol. The van der Waals surface area contributed by atoms with E-state index in [2.05, 4.69) is 14.8 Å². The Balaban J connectivity index is 1.65. The van der Waals surface area contributed by atoms with Crippen LogP contribution in [0.25, 0.3) is 5.82 Å². The van der Waals surface area contributed by atoms with Gasteiger partial charge in [-0.05, 0) is 48.9 Å². The van der Waals surface area contributed by atoms with Gasteiger partial charge in [0.05, 0.1) is 17.1 Å². The third-order valence-electron chi connectivity index (χ3n) is 3.69. The Hall–Kier alpha value is -3.04. The van der Waals surface area contributed by atoms with E-state index in [1.807, 2.05) is 0 Å². The summed E-state index contributed by atoms with van der Waals surface area (Å²) in [6, 6.07) is 10.9. The molecule has 0 aliphatic rings. The van der Waals surface area contributed by atoms with E-state index >= 15 is 0 Å². The summed E-state index contributed by atoms with van der Waals surface area (Å²) in [5.74, 6) is 0.152. The summed E-state index contributed by atoms with van der Waals surface area (Å²) in [7, 11) is -3.71. The molecule has 0 saturated carbocycles. The van der Waals surface area contributed by atoms with E-state index in [1.54, 1.807) is 48.4 Å². The molecule has 9 heteroatoms. The lowest BCUT2D eigenvalue weighted by molar-refractivity contribution is 0.0526. The van der Waals surface area contributed by atoms with Crippen molar-refractivity contribution >= 4 is 16.0 Å². The molecule has 1 N–H and O–H groups in total. The normalized spacial score (nSPS) is 11.3. The molecule has 0 saturated heterocycles. The van der Waals surface area contributed by atoms with Crippen molar-refractivity contribution < 1.29 is 17.9 Å². The van der Waals surface area contributed by atoms with Gasteiger partial charge in [0.2, 0.25) is 10.0 Å². The smallest absolute Gasteiger partial charge is 0.338 e. The second-order valence-corrected chi connectivity index (χ2v) is 7.31. The standard InChI is InChI=1S/C18H18N4O4S/c1-2-26-18(23)15-5-7-16(8-6-15)27(24,25)21-13-14-4-9-17(19-12-14)22-11-3-10-20-22/h3-12,21H,2,13H2,1H3. The molecule has 0 fully saturated rings. The minimum atomic E-state index is -3.71. The number of sulfonamides is 1. The summed E-state index contributed by atoms with van der Waals surface area (Å²) in [6.07, 6.45) is 5.00. The first-order valence-corrected chi connectivity index (χ1v) is 9.70. The number of esters is 1. The maximum absolute atomic E-state index is 12.4. The van der Waals surface area contributed by atoms with Gasteiger partial charge in [-0.1, -0.05) is 6.07 Å².